The fourth-order valence-corrected chi connectivity index (χ4v) is 5.76. The topological polar surface area (TPSA) is 48.3 Å². The molecule has 2 heterocycles. The Balaban J connectivity index is 1.20. The molecule has 0 amide bonds. The van der Waals surface area contributed by atoms with Crippen LogP contribution in [0.4, 0.5) is 0 Å². The van der Waals surface area contributed by atoms with Crippen molar-refractivity contribution in [1.82, 2.24) is 15.1 Å². The number of ether oxygens (including phenoxy) is 2. The van der Waals surface area contributed by atoms with Gasteiger partial charge in [0.2, 0.25) is 0 Å². The quantitative estimate of drug-likeness (QED) is 0.386. The molecule has 0 unspecified atom stereocenters. The zero-order chi connectivity index (χ0) is 22.4. The van der Waals surface area contributed by atoms with Gasteiger partial charge in [0.1, 0.15) is 6.73 Å². The van der Waals surface area contributed by atoms with Crippen molar-refractivity contribution in [3.05, 3.63) is 53.9 Å². The smallest absolute Gasteiger partial charge is 0.139 e. The molecular formula is C26H41N3O2Si. The van der Waals surface area contributed by atoms with Crippen LogP contribution in [0, 0.1) is 0 Å². The first-order chi connectivity index (χ1) is 15.5. The molecule has 0 bridgehead atoms. The number of nitrogens with one attached hydrogen (secondary N) is 1. The molecule has 1 aromatic heterocycles. The first-order valence-corrected chi connectivity index (χ1v) is 16.2. The van der Waals surface area contributed by atoms with Crippen LogP contribution in [0.2, 0.25) is 25.7 Å². The number of hydrogen-bond acceptors (Lipinski definition) is 4. The van der Waals surface area contributed by atoms with E-state index < -0.39 is 8.07 Å². The summed E-state index contributed by atoms with van der Waals surface area (Å²) >= 11 is 0. The monoisotopic (exact) mass is 455 g/mol. The van der Waals surface area contributed by atoms with E-state index in [-0.39, 0.29) is 0 Å². The summed E-state index contributed by atoms with van der Waals surface area (Å²) in [6, 6.07) is 14.7. The predicted octanol–water partition coefficient (Wildman–Crippen LogP) is 5.38. The van der Waals surface area contributed by atoms with E-state index in [0.29, 0.717) is 30.7 Å². The number of nitrogens with zero attached hydrogens (tertiary/aromatic N) is 2. The molecule has 176 valence electrons. The lowest BCUT2D eigenvalue weighted by molar-refractivity contribution is 0.0127. The molecule has 1 aromatic carbocycles. The minimum atomic E-state index is -1.04. The second-order valence-corrected chi connectivity index (χ2v) is 16.4. The first-order valence-electron chi connectivity index (χ1n) is 12.5. The van der Waals surface area contributed by atoms with Crippen LogP contribution in [0.3, 0.4) is 0 Å². The van der Waals surface area contributed by atoms with Gasteiger partial charge in [-0.2, -0.15) is 5.10 Å². The molecule has 6 heteroatoms. The van der Waals surface area contributed by atoms with Crippen molar-refractivity contribution in [2.24, 2.45) is 0 Å². The lowest BCUT2D eigenvalue weighted by atomic mass is 9.83. The summed E-state index contributed by atoms with van der Waals surface area (Å²) < 4.78 is 14.2. The highest BCUT2D eigenvalue weighted by Gasteiger charge is 2.31. The number of benzene rings is 1. The molecule has 2 aliphatic rings. The third-order valence-electron chi connectivity index (χ3n) is 7.07. The normalized spacial score (nSPS) is 26.5. The van der Waals surface area contributed by atoms with E-state index in [2.05, 4.69) is 67.6 Å². The molecular weight excluding hydrogens is 414 g/mol. The van der Waals surface area contributed by atoms with Crippen LogP contribution < -0.4 is 5.32 Å². The Morgan fingerprint density at radius 2 is 1.81 bits per heavy atom. The molecule has 4 rings (SSSR count). The standard InChI is InChI=1S/C26H41N3O2Si/c1-32(2,3)18-17-30-20-29-16-14-25(28-29)24-13-15-27-26(24)19-31-23-11-9-22(10-12-23)21-7-5-4-6-8-21/h4-8,14,16,22-24,26-27H,9-13,15,17-20H2,1-3H3/t22-,23+,24-,26+/m1/s1. The fourth-order valence-electron chi connectivity index (χ4n) is 5.01. The largest absolute Gasteiger partial charge is 0.377 e. The maximum atomic E-state index is 6.40. The predicted molar refractivity (Wildman–Crippen MR) is 133 cm³/mol. The molecule has 1 aliphatic heterocycles. The van der Waals surface area contributed by atoms with Crippen LogP contribution in [0.5, 0.6) is 0 Å². The molecule has 1 N–H and O–H groups in total. The zero-order valence-corrected chi connectivity index (χ0v) is 21.1. The summed E-state index contributed by atoms with van der Waals surface area (Å²) in [5.41, 5.74) is 2.66. The van der Waals surface area contributed by atoms with Crippen LogP contribution in [-0.4, -0.2) is 49.8 Å². The average molecular weight is 456 g/mol. The zero-order valence-electron chi connectivity index (χ0n) is 20.1. The highest BCUT2D eigenvalue weighted by molar-refractivity contribution is 6.76. The Labute approximate surface area is 194 Å². The molecule has 2 aromatic rings. The Morgan fingerprint density at radius 1 is 1.03 bits per heavy atom. The Kier molecular flexibility index (Phi) is 8.21. The molecule has 1 saturated carbocycles. The Morgan fingerprint density at radius 3 is 2.56 bits per heavy atom. The van der Waals surface area contributed by atoms with E-state index >= 15 is 0 Å². The minimum Gasteiger partial charge on any atom is -0.377 e. The van der Waals surface area contributed by atoms with Crippen molar-refractivity contribution in [2.75, 3.05) is 19.8 Å². The van der Waals surface area contributed by atoms with Crippen LogP contribution in [0.1, 0.15) is 55.2 Å². The van der Waals surface area contributed by atoms with Crippen LogP contribution in [0.15, 0.2) is 42.6 Å². The van der Waals surface area contributed by atoms with Gasteiger partial charge in [0.25, 0.3) is 0 Å². The van der Waals surface area contributed by atoms with Crippen molar-refractivity contribution >= 4 is 8.07 Å². The first kappa shape index (κ1) is 23.7. The van der Waals surface area contributed by atoms with Gasteiger partial charge in [0.15, 0.2) is 0 Å². The number of hydrogen-bond donors (Lipinski definition) is 1. The molecule has 1 aliphatic carbocycles. The van der Waals surface area contributed by atoms with Gasteiger partial charge in [-0.05, 0) is 62.2 Å². The second-order valence-electron chi connectivity index (χ2n) is 10.8. The van der Waals surface area contributed by atoms with E-state index in [9.17, 15) is 0 Å². The summed E-state index contributed by atoms with van der Waals surface area (Å²) in [7, 11) is -1.04. The lowest BCUT2D eigenvalue weighted by Crippen LogP contribution is -2.34. The van der Waals surface area contributed by atoms with E-state index in [1.54, 1.807) is 0 Å². The van der Waals surface area contributed by atoms with E-state index in [0.717, 1.165) is 26.2 Å². The number of aromatic nitrogens is 2. The second kappa shape index (κ2) is 11.1. The lowest BCUT2D eigenvalue weighted by Gasteiger charge is -2.30. The summed E-state index contributed by atoms with van der Waals surface area (Å²) in [5, 5.41) is 8.48. The van der Waals surface area contributed by atoms with Gasteiger partial charge in [-0.1, -0.05) is 50.0 Å². The molecule has 0 radical (unpaired) electrons. The highest BCUT2D eigenvalue weighted by Crippen LogP contribution is 2.34. The van der Waals surface area contributed by atoms with Crippen LogP contribution in [0.25, 0.3) is 0 Å². The van der Waals surface area contributed by atoms with Gasteiger partial charge < -0.3 is 14.8 Å². The minimum absolute atomic E-state index is 0.359. The van der Waals surface area contributed by atoms with Crippen LogP contribution in [-0.2, 0) is 16.2 Å². The summed E-state index contributed by atoms with van der Waals surface area (Å²) in [4.78, 5) is 0. The third-order valence-corrected chi connectivity index (χ3v) is 8.77. The third kappa shape index (κ3) is 6.76. The van der Waals surface area contributed by atoms with Gasteiger partial charge in [-0.3, -0.25) is 0 Å². The van der Waals surface area contributed by atoms with Gasteiger partial charge in [0.05, 0.1) is 18.4 Å². The van der Waals surface area contributed by atoms with Crippen molar-refractivity contribution in [2.45, 2.75) is 88.5 Å². The van der Waals surface area contributed by atoms with E-state index in [1.165, 1.54) is 43.0 Å². The highest BCUT2D eigenvalue weighted by atomic mass is 28.3. The van der Waals surface area contributed by atoms with Gasteiger partial charge in [-0.25, -0.2) is 4.68 Å². The maximum absolute atomic E-state index is 6.40. The molecule has 1 saturated heterocycles. The van der Waals surface area contributed by atoms with Gasteiger partial charge >= 0.3 is 0 Å². The molecule has 2 atom stereocenters. The maximum Gasteiger partial charge on any atom is 0.139 e. The van der Waals surface area contributed by atoms with Crippen molar-refractivity contribution in [1.29, 1.82) is 0 Å². The Bertz CT molecular complexity index is 812. The van der Waals surface area contributed by atoms with Crippen molar-refractivity contribution in [3.8, 4) is 0 Å². The summed E-state index contributed by atoms with van der Waals surface area (Å²) in [6.07, 6.45) is 8.39. The average Bonchev–Trinajstić information content (AvgIpc) is 3.45. The van der Waals surface area contributed by atoms with Crippen molar-refractivity contribution < 1.29 is 9.47 Å². The SMILES string of the molecule is C[Si](C)(C)CCOCn1ccc([C@H]2CCN[C@H]2CO[C@H]2CC[C@@H](c3ccccc3)CC2)n1. The number of rotatable bonds is 10. The Hall–Kier alpha value is -1.47. The summed E-state index contributed by atoms with van der Waals surface area (Å²) in [5.74, 6) is 1.13. The fraction of sp³-hybridized carbons (Fsp3) is 0.654. The van der Waals surface area contributed by atoms with E-state index in [1.807, 2.05) is 4.68 Å². The van der Waals surface area contributed by atoms with Crippen LogP contribution >= 0.6 is 0 Å². The molecule has 5 nitrogen and oxygen atoms in total. The van der Waals surface area contributed by atoms with Gasteiger partial charge in [0, 0.05) is 32.8 Å². The molecule has 0 spiro atoms. The van der Waals surface area contributed by atoms with E-state index in [4.69, 9.17) is 14.6 Å². The molecule has 32 heavy (non-hydrogen) atoms. The van der Waals surface area contributed by atoms with Gasteiger partial charge in [-0.15, -0.1) is 0 Å². The summed E-state index contributed by atoms with van der Waals surface area (Å²) in [6.45, 7) is 10.4. The molecule has 2 fully saturated rings. The van der Waals surface area contributed by atoms with Crippen molar-refractivity contribution in [3.63, 3.8) is 0 Å².